The second-order valence-electron chi connectivity index (χ2n) is 9.00. The van der Waals surface area contributed by atoms with Crippen LogP contribution in [-0.4, -0.2) is 16.2 Å². The molecular formula is C22H30O3. The van der Waals surface area contributed by atoms with Crippen molar-refractivity contribution >= 4 is 5.97 Å². The second-order valence-corrected chi connectivity index (χ2v) is 9.00. The number of rotatable bonds is 3. The Morgan fingerprint density at radius 1 is 1.28 bits per heavy atom. The number of benzene rings is 1. The smallest absolute Gasteiger partial charge is 0.335 e. The molecule has 0 bridgehead atoms. The number of phenols is 1. The van der Waals surface area contributed by atoms with Gasteiger partial charge in [0.15, 0.2) is 0 Å². The molecule has 25 heavy (non-hydrogen) atoms. The van der Waals surface area contributed by atoms with Gasteiger partial charge in [-0.1, -0.05) is 39.3 Å². The minimum absolute atomic E-state index is 0.169. The third kappa shape index (κ3) is 3.09. The molecule has 2 aliphatic carbocycles. The zero-order valence-electron chi connectivity index (χ0n) is 15.6. The molecule has 3 heteroatoms. The normalized spacial score (nSPS) is 31.4. The van der Waals surface area contributed by atoms with Gasteiger partial charge in [0.2, 0.25) is 0 Å². The summed E-state index contributed by atoms with van der Waals surface area (Å²) in [6.45, 7) is 11.5. The molecule has 2 fully saturated rings. The van der Waals surface area contributed by atoms with Gasteiger partial charge in [0.05, 0.1) is 5.56 Å². The lowest BCUT2D eigenvalue weighted by molar-refractivity contribution is -0.0518. The van der Waals surface area contributed by atoms with Crippen LogP contribution in [0.5, 0.6) is 5.75 Å². The zero-order valence-corrected chi connectivity index (χ0v) is 15.6. The number of aromatic carboxylic acids is 1. The summed E-state index contributed by atoms with van der Waals surface area (Å²) in [5.74, 6) is 0.181. The fourth-order valence-corrected chi connectivity index (χ4v) is 5.75. The van der Waals surface area contributed by atoms with Gasteiger partial charge in [-0.15, -0.1) is 0 Å². The predicted octanol–water partition coefficient (Wildman–Crippen LogP) is 5.43. The first-order valence-corrected chi connectivity index (χ1v) is 9.38. The maximum atomic E-state index is 11.3. The van der Waals surface area contributed by atoms with Gasteiger partial charge in [-0.2, -0.15) is 0 Å². The van der Waals surface area contributed by atoms with Crippen LogP contribution in [0.1, 0.15) is 68.8 Å². The van der Waals surface area contributed by atoms with Crippen LogP contribution in [0.15, 0.2) is 30.4 Å². The van der Waals surface area contributed by atoms with Crippen molar-refractivity contribution in [3.63, 3.8) is 0 Å². The van der Waals surface area contributed by atoms with E-state index in [1.807, 2.05) is 0 Å². The monoisotopic (exact) mass is 342 g/mol. The van der Waals surface area contributed by atoms with Crippen LogP contribution in [0, 0.1) is 22.7 Å². The van der Waals surface area contributed by atoms with E-state index < -0.39 is 5.97 Å². The fourth-order valence-electron chi connectivity index (χ4n) is 5.75. The van der Waals surface area contributed by atoms with E-state index in [-0.39, 0.29) is 16.7 Å². The summed E-state index contributed by atoms with van der Waals surface area (Å²) in [6.07, 6.45) is 6.59. The van der Waals surface area contributed by atoms with Crippen LogP contribution in [0.3, 0.4) is 0 Å². The van der Waals surface area contributed by atoms with E-state index in [2.05, 4.69) is 27.4 Å². The highest BCUT2D eigenvalue weighted by molar-refractivity contribution is 5.88. The van der Waals surface area contributed by atoms with E-state index in [0.717, 1.165) is 12.0 Å². The molecule has 2 saturated carbocycles. The highest BCUT2D eigenvalue weighted by Gasteiger charge is 2.52. The summed E-state index contributed by atoms with van der Waals surface area (Å²) in [4.78, 5) is 11.3. The second kappa shape index (κ2) is 6.19. The summed E-state index contributed by atoms with van der Waals surface area (Å²) < 4.78 is 0. The lowest BCUT2D eigenvalue weighted by Gasteiger charge is -2.58. The molecule has 1 aromatic carbocycles. The van der Waals surface area contributed by atoms with Crippen LogP contribution in [0.25, 0.3) is 0 Å². The summed E-state index contributed by atoms with van der Waals surface area (Å²) in [6, 6.07) is 4.60. The average molecular weight is 342 g/mol. The summed E-state index contributed by atoms with van der Waals surface area (Å²) in [7, 11) is 0. The van der Waals surface area contributed by atoms with Crippen LogP contribution in [0.4, 0.5) is 0 Å². The van der Waals surface area contributed by atoms with Crippen molar-refractivity contribution < 1.29 is 15.0 Å². The zero-order chi connectivity index (χ0) is 18.4. The predicted molar refractivity (Wildman–Crippen MR) is 99.9 cm³/mol. The number of hydrogen-bond donors (Lipinski definition) is 2. The Hall–Kier alpha value is -1.77. The topological polar surface area (TPSA) is 57.5 Å². The molecule has 0 radical (unpaired) electrons. The number of carboxylic acid groups (broad SMARTS) is 1. The first-order valence-electron chi connectivity index (χ1n) is 9.38. The minimum Gasteiger partial charge on any atom is -0.508 e. The summed E-state index contributed by atoms with van der Waals surface area (Å²) in [5.41, 5.74) is 2.73. The van der Waals surface area contributed by atoms with Gasteiger partial charge in [0.25, 0.3) is 0 Å². The molecule has 2 N–H and O–H groups in total. The highest BCUT2D eigenvalue weighted by atomic mass is 16.4. The standard InChI is InChI=1S/C22H30O3/c1-14-6-9-19-21(2,3)10-5-11-22(19,4)17(14)13-16-12-15(20(24)25)7-8-18(16)23/h7-8,12,17,19,23H,1,5-6,9-11,13H2,2-4H3,(H,24,25). The van der Waals surface area contributed by atoms with Gasteiger partial charge in [0, 0.05) is 0 Å². The van der Waals surface area contributed by atoms with Gasteiger partial charge in [-0.25, -0.2) is 4.79 Å². The highest BCUT2D eigenvalue weighted by Crippen LogP contribution is 2.61. The Morgan fingerprint density at radius 3 is 2.68 bits per heavy atom. The van der Waals surface area contributed by atoms with Crippen molar-refractivity contribution in [1.29, 1.82) is 0 Å². The first kappa shape index (κ1) is 18.0. The van der Waals surface area contributed by atoms with E-state index >= 15 is 0 Å². The number of hydrogen-bond acceptors (Lipinski definition) is 2. The largest absolute Gasteiger partial charge is 0.508 e. The molecule has 3 nitrogen and oxygen atoms in total. The Labute approximate surface area is 150 Å². The van der Waals surface area contributed by atoms with Crippen LogP contribution >= 0.6 is 0 Å². The van der Waals surface area contributed by atoms with Crippen molar-refractivity contribution in [1.82, 2.24) is 0 Å². The number of aromatic hydroxyl groups is 1. The Balaban J connectivity index is 1.96. The third-order valence-corrected chi connectivity index (χ3v) is 7.07. The molecule has 3 unspecified atom stereocenters. The van der Waals surface area contributed by atoms with Gasteiger partial charge in [0.1, 0.15) is 5.75 Å². The number of carbonyl (C=O) groups is 1. The molecule has 0 amide bonds. The van der Waals surface area contributed by atoms with E-state index in [0.29, 0.717) is 23.7 Å². The van der Waals surface area contributed by atoms with E-state index in [4.69, 9.17) is 0 Å². The molecule has 2 aliphatic rings. The summed E-state index contributed by atoms with van der Waals surface area (Å²) >= 11 is 0. The van der Waals surface area contributed by atoms with Gasteiger partial charge in [-0.05, 0) is 78.5 Å². The van der Waals surface area contributed by atoms with Crippen LogP contribution in [0.2, 0.25) is 0 Å². The Morgan fingerprint density at radius 2 is 2.00 bits per heavy atom. The minimum atomic E-state index is -0.952. The fraction of sp³-hybridized carbons (Fsp3) is 0.591. The SMILES string of the molecule is C=C1CCC2C(C)(C)CCCC2(C)C1Cc1cc(C(=O)O)ccc1O. The lowest BCUT2D eigenvalue weighted by Crippen LogP contribution is -2.50. The van der Waals surface area contributed by atoms with Crippen LogP contribution < -0.4 is 0 Å². The molecule has 0 aliphatic heterocycles. The van der Waals surface area contributed by atoms with Crippen molar-refractivity contribution in [3.05, 3.63) is 41.5 Å². The number of carboxylic acids is 1. The van der Waals surface area contributed by atoms with E-state index in [9.17, 15) is 15.0 Å². The first-order chi connectivity index (χ1) is 11.6. The summed E-state index contributed by atoms with van der Waals surface area (Å²) in [5, 5.41) is 19.6. The molecular weight excluding hydrogens is 312 g/mol. The number of allylic oxidation sites excluding steroid dienone is 1. The molecule has 1 aromatic rings. The van der Waals surface area contributed by atoms with Crippen molar-refractivity contribution in [2.45, 2.75) is 59.3 Å². The Kier molecular flexibility index (Phi) is 4.47. The Bertz CT molecular complexity index is 703. The molecule has 3 rings (SSSR count). The molecule has 0 saturated heterocycles. The van der Waals surface area contributed by atoms with E-state index in [1.165, 1.54) is 43.4 Å². The molecule has 136 valence electrons. The average Bonchev–Trinajstić information content (AvgIpc) is 2.51. The van der Waals surface area contributed by atoms with Crippen LogP contribution in [-0.2, 0) is 6.42 Å². The lowest BCUT2D eigenvalue weighted by atomic mass is 9.47. The third-order valence-electron chi connectivity index (χ3n) is 7.07. The molecule has 0 heterocycles. The molecule has 3 atom stereocenters. The maximum absolute atomic E-state index is 11.3. The maximum Gasteiger partial charge on any atom is 0.335 e. The number of phenolic OH excluding ortho intramolecular Hbond substituents is 1. The van der Waals surface area contributed by atoms with Gasteiger partial charge in [-0.3, -0.25) is 0 Å². The quantitative estimate of drug-likeness (QED) is 0.720. The van der Waals surface area contributed by atoms with Crippen molar-refractivity contribution in [2.24, 2.45) is 22.7 Å². The van der Waals surface area contributed by atoms with Gasteiger partial charge >= 0.3 is 5.97 Å². The van der Waals surface area contributed by atoms with Crippen molar-refractivity contribution in [3.8, 4) is 5.75 Å². The number of fused-ring (bicyclic) bond motifs is 1. The molecule has 0 aromatic heterocycles. The molecule has 0 spiro atoms. The van der Waals surface area contributed by atoms with Gasteiger partial charge < -0.3 is 10.2 Å². The van der Waals surface area contributed by atoms with Crippen molar-refractivity contribution in [2.75, 3.05) is 0 Å². The van der Waals surface area contributed by atoms with E-state index in [1.54, 1.807) is 6.07 Å².